The highest BCUT2D eigenvalue weighted by atomic mass is 15.2. The molecule has 0 fully saturated rings. The molecule has 1 aromatic rings. The van der Waals surface area contributed by atoms with E-state index in [0.717, 1.165) is 12.0 Å². The van der Waals surface area contributed by atoms with Gasteiger partial charge in [-0.1, -0.05) is 49.8 Å². The van der Waals surface area contributed by atoms with Crippen LogP contribution < -0.4 is 11.3 Å². The normalized spacial score (nSPS) is 13.5. The largest absolute Gasteiger partial charge is 0.271 e. The van der Waals surface area contributed by atoms with E-state index in [2.05, 4.69) is 50.1 Å². The van der Waals surface area contributed by atoms with Gasteiger partial charge < -0.3 is 0 Å². The van der Waals surface area contributed by atoms with Crippen molar-refractivity contribution < 1.29 is 0 Å². The summed E-state index contributed by atoms with van der Waals surface area (Å²) in [6.07, 6.45) is 0.887. The summed E-state index contributed by atoms with van der Waals surface area (Å²) in [5.74, 6) is 5.65. The van der Waals surface area contributed by atoms with Gasteiger partial charge in [0.2, 0.25) is 0 Å². The molecule has 2 heteroatoms. The Morgan fingerprint density at radius 1 is 1.38 bits per heavy atom. The molecule has 1 atom stereocenters. The average Bonchev–Trinajstić information content (AvgIpc) is 2.26. The monoisotopic (exact) mass is 218 g/mol. The molecule has 0 bridgehead atoms. The Balaban J connectivity index is 2.94. The third-order valence-electron chi connectivity index (χ3n) is 3.14. The maximum Gasteiger partial charge on any atom is 0.0338 e. The van der Waals surface area contributed by atoms with E-state index in [9.17, 15) is 0 Å². The molecular weight excluding hydrogens is 196 g/mol. The topological polar surface area (TPSA) is 38.0 Å². The van der Waals surface area contributed by atoms with Crippen LogP contribution in [0.2, 0.25) is 0 Å². The van der Waals surface area contributed by atoms with Gasteiger partial charge in [0.1, 0.15) is 0 Å². The highest BCUT2D eigenvalue weighted by molar-refractivity contribution is 5.26. The van der Waals surface area contributed by atoms with Crippen LogP contribution in [0, 0.1) is 0 Å². The molecule has 0 aromatic heterocycles. The lowest BCUT2D eigenvalue weighted by Gasteiger charge is -2.34. The minimum atomic E-state index is -0.00500. The Kier molecular flexibility index (Phi) is 4.27. The highest BCUT2D eigenvalue weighted by Crippen LogP contribution is 2.29. The van der Waals surface area contributed by atoms with Gasteiger partial charge in [-0.15, -0.1) is 6.58 Å². The summed E-state index contributed by atoms with van der Waals surface area (Å²) in [4.78, 5) is 0. The molecule has 0 aliphatic carbocycles. The summed E-state index contributed by atoms with van der Waals surface area (Å²) in [6.45, 7) is 10.4. The molecule has 2 nitrogen and oxygen atoms in total. The first-order valence-corrected chi connectivity index (χ1v) is 5.64. The first kappa shape index (κ1) is 12.9. The van der Waals surface area contributed by atoms with E-state index in [1.165, 1.54) is 5.56 Å². The summed E-state index contributed by atoms with van der Waals surface area (Å²) in [5, 5.41) is 0. The molecule has 0 radical (unpaired) electrons. The van der Waals surface area contributed by atoms with Crippen molar-refractivity contribution in [2.45, 2.75) is 38.6 Å². The zero-order valence-corrected chi connectivity index (χ0v) is 10.5. The van der Waals surface area contributed by atoms with E-state index in [4.69, 9.17) is 5.84 Å². The lowest BCUT2D eigenvalue weighted by Crippen LogP contribution is -2.48. The van der Waals surface area contributed by atoms with Crippen LogP contribution in [0.5, 0.6) is 0 Å². The Morgan fingerprint density at radius 3 is 2.38 bits per heavy atom. The van der Waals surface area contributed by atoms with Gasteiger partial charge in [-0.3, -0.25) is 11.3 Å². The molecule has 0 amide bonds. The second-order valence-electron chi connectivity index (χ2n) is 4.97. The standard InChI is InChI=1S/C14H22N2/c1-11(2)10-13(16-15)14(3,4)12-8-6-5-7-9-12/h5-9,13,16H,1,10,15H2,2-4H3. The first-order valence-electron chi connectivity index (χ1n) is 5.64. The minimum Gasteiger partial charge on any atom is -0.271 e. The van der Waals surface area contributed by atoms with E-state index in [-0.39, 0.29) is 11.5 Å². The van der Waals surface area contributed by atoms with Crippen molar-refractivity contribution in [2.75, 3.05) is 0 Å². The second kappa shape index (κ2) is 5.28. The Labute approximate surface area is 98.5 Å². The third kappa shape index (κ3) is 2.94. The van der Waals surface area contributed by atoms with Crippen molar-refractivity contribution in [2.24, 2.45) is 5.84 Å². The second-order valence-corrected chi connectivity index (χ2v) is 4.97. The molecule has 88 valence electrons. The van der Waals surface area contributed by atoms with Crippen molar-refractivity contribution in [3.63, 3.8) is 0 Å². The minimum absolute atomic E-state index is 0.00500. The van der Waals surface area contributed by atoms with E-state index >= 15 is 0 Å². The van der Waals surface area contributed by atoms with Crippen LogP contribution in [0.4, 0.5) is 0 Å². The zero-order valence-electron chi connectivity index (χ0n) is 10.5. The molecule has 1 rings (SSSR count). The fourth-order valence-corrected chi connectivity index (χ4v) is 1.94. The summed E-state index contributed by atoms with van der Waals surface area (Å²) in [5.41, 5.74) is 5.34. The SMILES string of the molecule is C=C(C)CC(NN)C(C)(C)c1ccccc1. The Morgan fingerprint density at radius 2 is 1.94 bits per heavy atom. The van der Waals surface area contributed by atoms with E-state index in [0.29, 0.717) is 0 Å². The van der Waals surface area contributed by atoms with Gasteiger partial charge in [0, 0.05) is 11.5 Å². The number of nitrogens with one attached hydrogen (secondary N) is 1. The van der Waals surface area contributed by atoms with Crippen LogP contribution in [-0.2, 0) is 5.41 Å². The Bertz CT molecular complexity index is 341. The number of hydrogen-bond acceptors (Lipinski definition) is 2. The summed E-state index contributed by atoms with van der Waals surface area (Å²) < 4.78 is 0. The molecule has 16 heavy (non-hydrogen) atoms. The first-order chi connectivity index (χ1) is 7.48. The van der Waals surface area contributed by atoms with E-state index in [1.54, 1.807) is 0 Å². The van der Waals surface area contributed by atoms with Crippen LogP contribution in [0.15, 0.2) is 42.5 Å². The van der Waals surface area contributed by atoms with Gasteiger partial charge >= 0.3 is 0 Å². The molecule has 0 saturated carbocycles. The summed E-state index contributed by atoms with van der Waals surface area (Å²) in [6, 6.07) is 10.6. The van der Waals surface area contributed by atoms with Crippen molar-refractivity contribution in [3.05, 3.63) is 48.0 Å². The maximum atomic E-state index is 5.65. The number of hydrogen-bond donors (Lipinski definition) is 2. The molecular formula is C14H22N2. The number of rotatable bonds is 5. The molecule has 3 N–H and O–H groups in total. The zero-order chi connectivity index (χ0) is 12.2. The highest BCUT2D eigenvalue weighted by Gasteiger charge is 2.30. The molecule has 0 spiro atoms. The van der Waals surface area contributed by atoms with Crippen LogP contribution in [-0.4, -0.2) is 6.04 Å². The fourth-order valence-electron chi connectivity index (χ4n) is 1.94. The van der Waals surface area contributed by atoms with Gasteiger partial charge in [0.15, 0.2) is 0 Å². The molecule has 0 aliphatic heterocycles. The van der Waals surface area contributed by atoms with Crippen molar-refractivity contribution in [1.82, 2.24) is 5.43 Å². The lowest BCUT2D eigenvalue weighted by molar-refractivity contribution is 0.341. The average molecular weight is 218 g/mol. The molecule has 0 heterocycles. The van der Waals surface area contributed by atoms with Crippen LogP contribution in [0.25, 0.3) is 0 Å². The van der Waals surface area contributed by atoms with Gasteiger partial charge in [0.25, 0.3) is 0 Å². The quantitative estimate of drug-likeness (QED) is 0.453. The molecule has 1 aromatic carbocycles. The summed E-state index contributed by atoms with van der Waals surface area (Å²) >= 11 is 0. The van der Waals surface area contributed by atoms with Crippen LogP contribution in [0.1, 0.15) is 32.8 Å². The number of nitrogens with two attached hydrogens (primary N) is 1. The predicted molar refractivity (Wildman–Crippen MR) is 70.0 cm³/mol. The van der Waals surface area contributed by atoms with Crippen molar-refractivity contribution >= 4 is 0 Å². The van der Waals surface area contributed by atoms with Gasteiger partial charge in [-0.2, -0.15) is 0 Å². The van der Waals surface area contributed by atoms with Crippen molar-refractivity contribution in [1.29, 1.82) is 0 Å². The Hall–Kier alpha value is -1.12. The van der Waals surface area contributed by atoms with Gasteiger partial charge in [-0.05, 0) is 18.9 Å². The van der Waals surface area contributed by atoms with Crippen LogP contribution in [0.3, 0.4) is 0 Å². The summed E-state index contributed by atoms with van der Waals surface area (Å²) in [7, 11) is 0. The van der Waals surface area contributed by atoms with Gasteiger partial charge in [-0.25, -0.2) is 0 Å². The molecule has 1 unspecified atom stereocenters. The van der Waals surface area contributed by atoms with Crippen molar-refractivity contribution in [3.8, 4) is 0 Å². The smallest absolute Gasteiger partial charge is 0.0338 e. The van der Waals surface area contributed by atoms with E-state index in [1.807, 2.05) is 13.0 Å². The number of hydrazine groups is 1. The molecule has 0 saturated heterocycles. The maximum absolute atomic E-state index is 5.65. The lowest BCUT2D eigenvalue weighted by atomic mass is 9.76. The van der Waals surface area contributed by atoms with E-state index < -0.39 is 0 Å². The fraction of sp³-hybridized carbons (Fsp3) is 0.429. The van der Waals surface area contributed by atoms with Crippen LogP contribution >= 0.6 is 0 Å². The third-order valence-corrected chi connectivity index (χ3v) is 3.14. The van der Waals surface area contributed by atoms with Gasteiger partial charge in [0.05, 0.1) is 0 Å². The number of benzene rings is 1. The molecule has 0 aliphatic rings. The predicted octanol–water partition coefficient (Wildman–Crippen LogP) is 2.76.